The van der Waals surface area contributed by atoms with Crippen molar-refractivity contribution in [1.29, 1.82) is 0 Å². The molecule has 4 N–H and O–H groups in total. The van der Waals surface area contributed by atoms with Gasteiger partial charge < -0.3 is 10.6 Å². The second kappa shape index (κ2) is 16.5. The molecule has 0 fully saturated rings. The Kier molecular flexibility index (Phi) is 13.3. The van der Waals surface area contributed by atoms with Crippen LogP contribution in [-0.4, -0.2) is 29.0 Å². The number of benzene rings is 3. The number of unbranched alkanes of at least 4 members (excludes halogenated alkanes) is 4. The highest BCUT2D eigenvalue weighted by molar-refractivity contribution is 7.93. The van der Waals surface area contributed by atoms with E-state index in [0.717, 1.165) is 55.1 Å². The molecule has 0 aliphatic carbocycles. The molecule has 9 nitrogen and oxygen atoms in total. The van der Waals surface area contributed by atoms with Gasteiger partial charge in [0, 0.05) is 12.1 Å². The van der Waals surface area contributed by atoms with Crippen molar-refractivity contribution in [2.45, 2.75) is 110 Å². The predicted molar refractivity (Wildman–Crippen MR) is 196 cm³/mol. The zero-order valence-electron chi connectivity index (χ0n) is 29.0. The molecule has 0 bridgehead atoms. The summed E-state index contributed by atoms with van der Waals surface area (Å²) in [4.78, 5) is 13.3. The van der Waals surface area contributed by atoms with Gasteiger partial charge in [0.25, 0.3) is 10.0 Å². The minimum atomic E-state index is -4.02. The standard InChI is InChI=1S/C36H52N4O5S2/c1-9-10-11-12-13-17-35(41)38-34-23-30(18-19-33(34)37-28-15-14-16-29(22-28)39-46(8,42)43)40-47(44,45)36-31(25(4)5)20-27(24(2)3)21-32(36)26(6)7/h14-16,18-26,37,39-40H,9-13,17H2,1-8H3,(H,38,41). The summed E-state index contributed by atoms with van der Waals surface area (Å²) in [7, 11) is -7.49. The van der Waals surface area contributed by atoms with Gasteiger partial charge >= 0.3 is 0 Å². The number of hydrogen-bond acceptors (Lipinski definition) is 6. The molecule has 3 rings (SSSR count). The molecule has 0 saturated carbocycles. The maximum Gasteiger partial charge on any atom is 0.262 e. The summed E-state index contributed by atoms with van der Waals surface area (Å²) < 4.78 is 57.1. The van der Waals surface area contributed by atoms with Gasteiger partial charge in [0.05, 0.1) is 33.9 Å². The topological polar surface area (TPSA) is 133 Å². The van der Waals surface area contributed by atoms with Gasteiger partial charge in [-0.25, -0.2) is 16.8 Å². The molecule has 0 aliphatic rings. The van der Waals surface area contributed by atoms with Gasteiger partial charge in [-0.2, -0.15) is 0 Å². The molecule has 3 aromatic rings. The summed E-state index contributed by atoms with van der Waals surface area (Å²) in [6, 6.07) is 15.7. The summed E-state index contributed by atoms with van der Waals surface area (Å²) in [5.41, 5.74) is 4.82. The highest BCUT2D eigenvalue weighted by Crippen LogP contribution is 2.37. The molecule has 0 unspecified atom stereocenters. The van der Waals surface area contributed by atoms with Gasteiger partial charge in [0.15, 0.2) is 0 Å². The van der Waals surface area contributed by atoms with E-state index in [2.05, 4.69) is 40.8 Å². The normalized spacial score (nSPS) is 12.1. The monoisotopic (exact) mass is 684 g/mol. The minimum Gasteiger partial charge on any atom is -0.354 e. The Labute approximate surface area is 282 Å². The SMILES string of the molecule is CCCCCCCC(=O)Nc1cc(NS(=O)(=O)c2c(C(C)C)cc(C(C)C)cc2C(C)C)ccc1Nc1cccc(NS(C)(=O)=O)c1. The predicted octanol–water partition coefficient (Wildman–Crippen LogP) is 9.27. The van der Waals surface area contributed by atoms with E-state index in [-0.39, 0.29) is 23.7 Å². The first-order valence-electron chi connectivity index (χ1n) is 16.5. The molecule has 0 aromatic heterocycles. The van der Waals surface area contributed by atoms with Crippen LogP contribution in [0.1, 0.15) is 121 Å². The summed E-state index contributed by atoms with van der Waals surface area (Å²) in [5, 5.41) is 6.22. The van der Waals surface area contributed by atoms with Crippen molar-refractivity contribution < 1.29 is 21.6 Å². The molecule has 0 aliphatic heterocycles. The van der Waals surface area contributed by atoms with Crippen molar-refractivity contribution in [3.05, 3.63) is 71.3 Å². The highest BCUT2D eigenvalue weighted by Gasteiger charge is 2.27. The number of sulfonamides is 2. The lowest BCUT2D eigenvalue weighted by molar-refractivity contribution is -0.116. The molecule has 0 spiro atoms. The average Bonchev–Trinajstić information content (AvgIpc) is 2.96. The molecule has 3 aromatic carbocycles. The van der Waals surface area contributed by atoms with E-state index in [1.807, 2.05) is 39.8 Å². The minimum absolute atomic E-state index is 0.0236. The number of nitrogens with one attached hydrogen (secondary N) is 4. The van der Waals surface area contributed by atoms with Gasteiger partial charge in [-0.15, -0.1) is 0 Å². The van der Waals surface area contributed by atoms with Crippen LogP contribution in [0.3, 0.4) is 0 Å². The van der Waals surface area contributed by atoms with Gasteiger partial charge in [-0.1, -0.05) is 92.3 Å². The van der Waals surface area contributed by atoms with Gasteiger partial charge in [0.2, 0.25) is 15.9 Å². The third-order valence-corrected chi connectivity index (χ3v) is 9.97. The molecule has 0 heterocycles. The molecule has 1 amide bonds. The fourth-order valence-electron chi connectivity index (χ4n) is 5.36. The Morgan fingerprint density at radius 3 is 1.85 bits per heavy atom. The first-order valence-corrected chi connectivity index (χ1v) is 19.9. The van der Waals surface area contributed by atoms with Crippen LogP contribution in [-0.2, 0) is 24.8 Å². The maximum absolute atomic E-state index is 14.2. The van der Waals surface area contributed by atoms with Crippen LogP contribution in [0.25, 0.3) is 0 Å². The molecule has 0 atom stereocenters. The number of hydrogen-bond donors (Lipinski definition) is 4. The van der Waals surface area contributed by atoms with Gasteiger partial charge in [-0.3, -0.25) is 14.2 Å². The van der Waals surface area contributed by atoms with Crippen molar-refractivity contribution >= 4 is 54.4 Å². The molecule has 258 valence electrons. The third kappa shape index (κ3) is 11.3. The van der Waals surface area contributed by atoms with Crippen molar-refractivity contribution in [1.82, 2.24) is 0 Å². The summed E-state index contributed by atoms with van der Waals surface area (Å²) in [6.07, 6.45) is 6.44. The fourth-order valence-corrected chi connectivity index (χ4v) is 7.66. The summed E-state index contributed by atoms with van der Waals surface area (Å²) in [6.45, 7) is 14.3. The zero-order valence-corrected chi connectivity index (χ0v) is 30.7. The maximum atomic E-state index is 14.2. The number of anilines is 5. The van der Waals surface area contributed by atoms with E-state index in [9.17, 15) is 21.6 Å². The van der Waals surface area contributed by atoms with Crippen molar-refractivity contribution in [2.24, 2.45) is 0 Å². The van der Waals surface area contributed by atoms with E-state index in [1.165, 1.54) is 0 Å². The number of amides is 1. The lowest BCUT2D eigenvalue weighted by atomic mass is 9.89. The number of rotatable bonds is 17. The van der Waals surface area contributed by atoms with Gasteiger partial charge in [-0.05, 0) is 77.3 Å². The Bertz CT molecular complexity index is 1720. The van der Waals surface area contributed by atoms with E-state index in [1.54, 1.807) is 42.5 Å². The summed E-state index contributed by atoms with van der Waals surface area (Å²) in [5.74, 6) is 0.0230. The second-order valence-electron chi connectivity index (χ2n) is 13.2. The Morgan fingerprint density at radius 2 is 1.28 bits per heavy atom. The first kappa shape index (κ1) is 37.9. The molecule has 47 heavy (non-hydrogen) atoms. The first-order chi connectivity index (χ1) is 22.0. The van der Waals surface area contributed by atoms with Crippen LogP contribution in [0.15, 0.2) is 59.5 Å². The summed E-state index contributed by atoms with van der Waals surface area (Å²) >= 11 is 0. The smallest absolute Gasteiger partial charge is 0.262 e. The Balaban J connectivity index is 2.02. The molecule has 0 saturated heterocycles. The van der Waals surface area contributed by atoms with E-state index >= 15 is 0 Å². The molecule has 0 radical (unpaired) electrons. The van der Waals surface area contributed by atoms with Crippen LogP contribution in [0.4, 0.5) is 28.4 Å². The van der Waals surface area contributed by atoms with Crippen LogP contribution < -0.4 is 20.1 Å². The van der Waals surface area contributed by atoms with E-state index < -0.39 is 20.0 Å². The average molecular weight is 685 g/mol. The van der Waals surface area contributed by atoms with E-state index in [0.29, 0.717) is 39.8 Å². The molecular weight excluding hydrogens is 633 g/mol. The van der Waals surface area contributed by atoms with Crippen molar-refractivity contribution in [2.75, 3.05) is 26.3 Å². The number of carbonyl (C=O) groups is 1. The lowest BCUT2D eigenvalue weighted by Gasteiger charge is -2.23. The quantitative estimate of drug-likeness (QED) is 0.105. The number of carbonyl (C=O) groups excluding carboxylic acids is 1. The Morgan fingerprint density at radius 1 is 0.681 bits per heavy atom. The molecular formula is C36H52N4O5S2. The lowest BCUT2D eigenvalue weighted by Crippen LogP contribution is -2.19. The Hall–Kier alpha value is -3.57. The second-order valence-corrected chi connectivity index (χ2v) is 16.5. The third-order valence-electron chi connectivity index (χ3n) is 7.85. The van der Waals surface area contributed by atoms with Crippen LogP contribution in [0.5, 0.6) is 0 Å². The van der Waals surface area contributed by atoms with Crippen LogP contribution in [0.2, 0.25) is 0 Å². The largest absolute Gasteiger partial charge is 0.354 e. The van der Waals surface area contributed by atoms with E-state index in [4.69, 9.17) is 0 Å². The highest BCUT2D eigenvalue weighted by atomic mass is 32.2. The van der Waals surface area contributed by atoms with Crippen LogP contribution in [0, 0.1) is 0 Å². The zero-order chi connectivity index (χ0) is 34.9. The van der Waals surface area contributed by atoms with Crippen LogP contribution >= 0.6 is 0 Å². The van der Waals surface area contributed by atoms with Gasteiger partial charge in [0.1, 0.15) is 0 Å². The van der Waals surface area contributed by atoms with Crippen molar-refractivity contribution in [3.8, 4) is 0 Å². The molecule has 11 heteroatoms. The van der Waals surface area contributed by atoms with Crippen molar-refractivity contribution in [3.63, 3.8) is 0 Å². The fraction of sp³-hybridized carbons (Fsp3) is 0.472.